The Bertz CT molecular complexity index is 479. The predicted octanol–water partition coefficient (Wildman–Crippen LogP) is 0.0423. The number of carbonyl (C=O) groups is 1. The maximum Gasteiger partial charge on any atom is 0.325 e. The van der Waals surface area contributed by atoms with Gasteiger partial charge in [0.05, 0.1) is 5.52 Å². The third-order valence-electron chi connectivity index (χ3n) is 1.99. The fourth-order valence-corrected chi connectivity index (χ4v) is 1.28. The van der Waals surface area contributed by atoms with Crippen molar-refractivity contribution in [2.75, 3.05) is 0 Å². The van der Waals surface area contributed by atoms with Gasteiger partial charge < -0.3 is 10.8 Å². The first-order valence-electron chi connectivity index (χ1n) is 3.98. The summed E-state index contributed by atoms with van der Waals surface area (Å²) in [6.07, 6.45) is 0. The number of H-pyrrole nitrogens is 1. The molecule has 0 aliphatic carbocycles. The molecule has 0 spiro atoms. The van der Waals surface area contributed by atoms with Gasteiger partial charge in [0.25, 0.3) is 0 Å². The topological polar surface area (TPSA) is 105 Å². The van der Waals surface area contributed by atoms with Gasteiger partial charge in [-0.15, -0.1) is 5.10 Å². The van der Waals surface area contributed by atoms with E-state index in [2.05, 4.69) is 15.4 Å². The van der Waals surface area contributed by atoms with Crippen LogP contribution in [0.25, 0.3) is 11.0 Å². The molecule has 1 aromatic heterocycles. The van der Waals surface area contributed by atoms with E-state index in [9.17, 15) is 4.79 Å². The Morgan fingerprint density at radius 1 is 1.57 bits per heavy atom. The lowest BCUT2D eigenvalue weighted by Gasteiger charge is -2.05. The molecular weight excluding hydrogens is 184 g/mol. The van der Waals surface area contributed by atoms with E-state index in [1.807, 2.05) is 0 Å². The molecule has 0 aliphatic heterocycles. The average molecular weight is 192 g/mol. The summed E-state index contributed by atoms with van der Waals surface area (Å²) in [4.78, 5) is 10.7. The Labute approximate surface area is 78.7 Å². The number of fused-ring (bicyclic) bond motifs is 1. The summed E-state index contributed by atoms with van der Waals surface area (Å²) < 4.78 is 0. The van der Waals surface area contributed by atoms with Crippen molar-refractivity contribution >= 4 is 17.0 Å². The lowest BCUT2D eigenvalue weighted by molar-refractivity contribution is -0.138. The van der Waals surface area contributed by atoms with E-state index in [4.69, 9.17) is 10.8 Å². The molecule has 0 radical (unpaired) electrons. The quantitative estimate of drug-likeness (QED) is 0.623. The van der Waals surface area contributed by atoms with Crippen molar-refractivity contribution in [1.82, 2.24) is 15.4 Å². The summed E-state index contributed by atoms with van der Waals surface area (Å²) in [5.41, 5.74) is 7.13. The number of aromatic amines is 1. The lowest BCUT2D eigenvalue weighted by atomic mass is 10.1. The maximum atomic E-state index is 10.7. The molecule has 6 nitrogen and oxygen atoms in total. The third kappa shape index (κ3) is 1.21. The molecule has 1 aromatic carbocycles. The van der Waals surface area contributed by atoms with Gasteiger partial charge in [-0.2, -0.15) is 0 Å². The molecule has 6 heteroatoms. The highest BCUT2D eigenvalue weighted by molar-refractivity contribution is 5.85. The average Bonchev–Trinajstić information content (AvgIpc) is 2.63. The van der Waals surface area contributed by atoms with Crippen molar-refractivity contribution in [2.45, 2.75) is 6.04 Å². The van der Waals surface area contributed by atoms with Gasteiger partial charge in [-0.25, -0.2) is 0 Å². The van der Waals surface area contributed by atoms with E-state index < -0.39 is 12.0 Å². The lowest BCUT2D eigenvalue weighted by Crippen LogP contribution is -2.20. The normalized spacial score (nSPS) is 12.9. The molecule has 0 amide bonds. The second-order valence-corrected chi connectivity index (χ2v) is 2.87. The molecule has 1 atom stereocenters. The van der Waals surface area contributed by atoms with Crippen LogP contribution in [0, 0.1) is 0 Å². The minimum absolute atomic E-state index is 0.462. The zero-order chi connectivity index (χ0) is 10.1. The standard InChI is InChI=1S/C8H8N4O2/c9-6(8(13)14)4-2-1-3-5-7(4)11-12-10-5/h1-3,6H,9H2,(H,13,14)(H,10,11,12)/t6-/m0/s1. The molecule has 14 heavy (non-hydrogen) atoms. The van der Waals surface area contributed by atoms with Gasteiger partial charge in [-0.3, -0.25) is 9.89 Å². The number of aromatic nitrogens is 3. The minimum atomic E-state index is -1.08. The summed E-state index contributed by atoms with van der Waals surface area (Å²) in [5.74, 6) is -1.08. The van der Waals surface area contributed by atoms with E-state index in [1.165, 1.54) is 0 Å². The molecular formula is C8H8N4O2. The zero-order valence-corrected chi connectivity index (χ0v) is 7.14. The van der Waals surface area contributed by atoms with Crippen LogP contribution in [0.15, 0.2) is 18.2 Å². The number of rotatable bonds is 2. The molecule has 72 valence electrons. The molecule has 0 fully saturated rings. The predicted molar refractivity (Wildman–Crippen MR) is 48.5 cm³/mol. The summed E-state index contributed by atoms with van der Waals surface area (Å²) in [7, 11) is 0. The molecule has 0 bridgehead atoms. The van der Waals surface area contributed by atoms with Crippen LogP contribution in [0.5, 0.6) is 0 Å². The van der Waals surface area contributed by atoms with Gasteiger partial charge in [-0.05, 0) is 6.07 Å². The van der Waals surface area contributed by atoms with E-state index >= 15 is 0 Å². The number of benzene rings is 1. The summed E-state index contributed by atoms with van der Waals surface area (Å²) >= 11 is 0. The Kier molecular flexibility index (Phi) is 1.90. The number of carboxylic acid groups (broad SMARTS) is 1. The SMILES string of the molecule is N[C@H](C(=O)O)c1cccc2[nH]nnc12. The fraction of sp³-hybridized carbons (Fsp3) is 0.125. The molecule has 0 unspecified atom stereocenters. The number of carboxylic acids is 1. The number of nitrogens with one attached hydrogen (secondary N) is 1. The van der Waals surface area contributed by atoms with Crippen LogP contribution in [0.3, 0.4) is 0 Å². The monoisotopic (exact) mass is 192 g/mol. The van der Waals surface area contributed by atoms with Crippen LogP contribution < -0.4 is 5.73 Å². The highest BCUT2D eigenvalue weighted by Crippen LogP contribution is 2.19. The molecule has 4 N–H and O–H groups in total. The van der Waals surface area contributed by atoms with Crippen LogP contribution in [-0.4, -0.2) is 26.5 Å². The van der Waals surface area contributed by atoms with Gasteiger partial charge >= 0.3 is 5.97 Å². The van der Waals surface area contributed by atoms with Gasteiger partial charge in [0.2, 0.25) is 0 Å². The number of nitrogens with two attached hydrogens (primary N) is 1. The van der Waals surface area contributed by atoms with Crippen molar-refractivity contribution in [2.24, 2.45) is 5.73 Å². The van der Waals surface area contributed by atoms with Crippen molar-refractivity contribution in [1.29, 1.82) is 0 Å². The first-order valence-corrected chi connectivity index (χ1v) is 3.98. The van der Waals surface area contributed by atoms with Crippen LogP contribution >= 0.6 is 0 Å². The largest absolute Gasteiger partial charge is 0.480 e. The van der Waals surface area contributed by atoms with E-state index in [-0.39, 0.29) is 0 Å². The van der Waals surface area contributed by atoms with Gasteiger partial charge in [0.1, 0.15) is 11.6 Å². The fourth-order valence-electron chi connectivity index (χ4n) is 1.28. The Balaban J connectivity index is 2.61. The molecule has 2 aromatic rings. The van der Waals surface area contributed by atoms with Crippen molar-refractivity contribution in [3.8, 4) is 0 Å². The molecule has 1 heterocycles. The summed E-state index contributed by atoms with van der Waals surface area (Å²) in [5, 5.41) is 18.7. The van der Waals surface area contributed by atoms with Gasteiger partial charge in [-0.1, -0.05) is 17.3 Å². The van der Waals surface area contributed by atoms with Crippen molar-refractivity contribution in [3.05, 3.63) is 23.8 Å². The highest BCUT2D eigenvalue weighted by Gasteiger charge is 2.18. The maximum absolute atomic E-state index is 10.7. The van der Waals surface area contributed by atoms with Crippen LogP contribution in [-0.2, 0) is 4.79 Å². The Morgan fingerprint density at radius 2 is 2.36 bits per heavy atom. The number of hydrogen-bond acceptors (Lipinski definition) is 4. The minimum Gasteiger partial charge on any atom is -0.480 e. The van der Waals surface area contributed by atoms with Gasteiger partial charge in [0, 0.05) is 5.56 Å². The second kappa shape index (κ2) is 3.08. The third-order valence-corrected chi connectivity index (χ3v) is 1.99. The smallest absolute Gasteiger partial charge is 0.325 e. The second-order valence-electron chi connectivity index (χ2n) is 2.87. The van der Waals surface area contributed by atoms with Crippen molar-refractivity contribution < 1.29 is 9.90 Å². The van der Waals surface area contributed by atoms with Crippen molar-refractivity contribution in [3.63, 3.8) is 0 Å². The molecule has 0 saturated heterocycles. The summed E-state index contributed by atoms with van der Waals surface area (Å²) in [6.45, 7) is 0. The number of hydrogen-bond donors (Lipinski definition) is 3. The Hall–Kier alpha value is -1.95. The van der Waals surface area contributed by atoms with E-state index in [0.29, 0.717) is 16.6 Å². The number of aliphatic carboxylic acids is 1. The van der Waals surface area contributed by atoms with Crippen LogP contribution in [0.2, 0.25) is 0 Å². The Morgan fingerprint density at radius 3 is 3.07 bits per heavy atom. The molecule has 2 rings (SSSR count). The molecule has 0 saturated carbocycles. The molecule has 0 aliphatic rings. The van der Waals surface area contributed by atoms with Gasteiger partial charge in [0.15, 0.2) is 0 Å². The van der Waals surface area contributed by atoms with Crippen LogP contribution in [0.4, 0.5) is 0 Å². The summed E-state index contributed by atoms with van der Waals surface area (Å²) in [6, 6.07) is 4.03. The highest BCUT2D eigenvalue weighted by atomic mass is 16.4. The van der Waals surface area contributed by atoms with E-state index in [0.717, 1.165) is 0 Å². The van der Waals surface area contributed by atoms with E-state index in [1.54, 1.807) is 18.2 Å². The van der Waals surface area contributed by atoms with Crippen LogP contribution in [0.1, 0.15) is 11.6 Å². The first-order chi connectivity index (χ1) is 6.70. The zero-order valence-electron chi connectivity index (χ0n) is 7.14. The first kappa shape index (κ1) is 8.64. The number of nitrogens with zero attached hydrogens (tertiary/aromatic N) is 2.